The van der Waals surface area contributed by atoms with E-state index in [1.165, 1.54) is 21.5 Å². The van der Waals surface area contributed by atoms with Crippen molar-refractivity contribution in [2.45, 2.75) is 0 Å². The van der Waals surface area contributed by atoms with E-state index in [9.17, 15) is 5.11 Å². The summed E-state index contributed by atoms with van der Waals surface area (Å²) in [5.41, 5.74) is 1.69. The summed E-state index contributed by atoms with van der Waals surface area (Å²) in [5.74, 6) is -0.00621. The normalized spacial score (nSPS) is 11.0. The van der Waals surface area contributed by atoms with Gasteiger partial charge in [0.05, 0.1) is 5.56 Å². The van der Waals surface area contributed by atoms with Crippen LogP contribution in [0.1, 0.15) is 5.56 Å². The summed E-state index contributed by atoms with van der Waals surface area (Å²) in [6, 6.07) is 25.8. The van der Waals surface area contributed by atoms with Gasteiger partial charge in [0.2, 0.25) is 0 Å². The number of nitrogens with one attached hydrogen (secondary N) is 1. The quantitative estimate of drug-likeness (QED) is 0.313. The van der Waals surface area contributed by atoms with Gasteiger partial charge in [-0.15, -0.1) is 0 Å². The van der Waals surface area contributed by atoms with Gasteiger partial charge in [0.25, 0.3) is 0 Å². The Labute approximate surface area is 152 Å². The first-order valence-electron chi connectivity index (χ1n) is 7.59. The van der Waals surface area contributed by atoms with E-state index in [0.29, 0.717) is 5.69 Å². The molecule has 3 heteroatoms. The van der Waals surface area contributed by atoms with Crippen LogP contribution >= 0.6 is 0 Å². The Balaban J connectivity index is 0.00000169. The molecule has 0 aliphatic rings. The summed E-state index contributed by atoms with van der Waals surface area (Å²) >= 11 is 0. The van der Waals surface area contributed by atoms with Crippen LogP contribution in [0.3, 0.4) is 0 Å². The van der Waals surface area contributed by atoms with E-state index in [-0.39, 0.29) is 24.6 Å². The first-order chi connectivity index (χ1) is 11.3. The molecule has 24 heavy (non-hydrogen) atoms. The van der Waals surface area contributed by atoms with E-state index in [4.69, 9.17) is 0 Å². The zero-order valence-electron chi connectivity index (χ0n) is 13.5. The molecule has 0 heterocycles. The molecule has 0 fully saturated rings. The molecule has 4 rings (SSSR count). The maximum absolute atomic E-state index is 11.9. The van der Waals surface area contributed by atoms with Gasteiger partial charge in [0.15, 0.2) is 11.9 Å². The van der Waals surface area contributed by atoms with Crippen LogP contribution in [0.25, 0.3) is 21.5 Å². The average Bonchev–Trinajstić information content (AvgIpc) is 2.60. The maximum Gasteiger partial charge on any atom is 1.00 e. The van der Waals surface area contributed by atoms with Gasteiger partial charge in [-0.2, -0.15) is 0 Å². The van der Waals surface area contributed by atoms with Gasteiger partial charge in [-0.3, -0.25) is 0 Å². The number of hydrogen-bond acceptors (Lipinski definition) is 1. The summed E-state index contributed by atoms with van der Waals surface area (Å²) in [5, 5.41) is 16.6. The standard InChI is InChI=1S/C21H15NO.Li/c23-21-12-6-5-11-20(21)22-14-19-17-9-3-1-7-15(17)13-16-8-2-4-10-18(16)19;/h1-14,23H;/q;+1. The zero-order chi connectivity index (χ0) is 15.6. The van der Waals surface area contributed by atoms with Gasteiger partial charge in [-0.05, 0) is 33.4 Å². The van der Waals surface area contributed by atoms with Crippen molar-refractivity contribution < 1.29 is 29.0 Å². The maximum atomic E-state index is 11.9. The molecule has 0 amide bonds. The molecule has 0 aliphatic heterocycles. The van der Waals surface area contributed by atoms with Crippen molar-refractivity contribution in [3.05, 3.63) is 84.4 Å². The number of hydrogen-bond donors (Lipinski definition) is 1. The Kier molecular flexibility index (Phi) is 4.71. The second-order valence-corrected chi connectivity index (χ2v) is 5.52. The second-order valence-electron chi connectivity index (χ2n) is 5.52. The van der Waals surface area contributed by atoms with Crippen LogP contribution in [0.5, 0.6) is 5.75 Å². The van der Waals surface area contributed by atoms with Crippen LogP contribution in [0.4, 0.5) is 5.69 Å². The summed E-state index contributed by atoms with van der Waals surface area (Å²) in [4.78, 5) is 3.18. The fraction of sp³-hybridized carbons (Fsp3) is 0. The summed E-state index contributed by atoms with van der Waals surface area (Å²) in [6.07, 6.45) is 1.93. The molecular weight excluding hydrogens is 289 g/mol. The Morgan fingerprint density at radius 2 is 1.25 bits per heavy atom. The van der Waals surface area contributed by atoms with E-state index in [1.807, 2.05) is 36.5 Å². The molecule has 110 valence electrons. The average molecular weight is 304 g/mol. The monoisotopic (exact) mass is 304 g/mol. The van der Waals surface area contributed by atoms with Crippen molar-refractivity contribution in [3.8, 4) is 5.75 Å². The fourth-order valence-electron chi connectivity index (χ4n) is 2.94. The van der Waals surface area contributed by atoms with Crippen molar-refractivity contribution in [1.29, 1.82) is 0 Å². The Morgan fingerprint density at radius 1 is 0.708 bits per heavy atom. The summed E-state index contributed by atoms with van der Waals surface area (Å²) in [6.45, 7) is 0. The topological polar surface area (TPSA) is 37.0 Å². The van der Waals surface area contributed by atoms with Gasteiger partial charge in [0, 0.05) is 6.07 Å². The molecule has 0 saturated carbocycles. The minimum atomic E-state index is -0.00621. The fourth-order valence-corrected chi connectivity index (χ4v) is 2.94. The minimum Gasteiger partial charge on any atom is -0.868 e. The molecule has 0 atom stereocenters. The third kappa shape index (κ3) is 2.95. The molecule has 0 unspecified atom stereocenters. The van der Waals surface area contributed by atoms with Gasteiger partial charge < -0.3 is 5.11 Å². The van der Waals surface area contributed by atoms with Crippen molar-refractivity contribution in [2.24, 2.45) is 0 Å². The van der Waals surface area contributed by atoms with Gasteiger partial charge >= 0.3 is 18.9 Å². The third-order valence-electron chi connectivity index (χ3n) is 4.07. The van der Waals surface area contributed by atoms with Crippen LogP contribution in [0.2, 0.25) is 0 Å². The molecule has 0 aliphatic carbocycles. The van der Waals surface area contributed by atoms with Crippen molar-refractivity contribution >= 4 is 33.4 Å². The number of fused-ring (bicyclic) bond motifs is 2. The molecule has 0 aromatic heterocycles. The smallest absolute Gasteiger partial charge is 0.868 e. The number of benzene rings is 4. The van der Waals surface area contributed by atoms with E-state index in [0.717, 1.165) is 5.56 Å². The number of para-hydroxylation sites is 2. The first-order valence-corrected chi connectivity index (χ1v) is 7.59. The first kappa shape index (κ1) is 16.3. The van der Waals surface area contributed by atoms with Crippen LogP contribution in [-0.2, 0) is 0 Å². The molecular formula is C21H15LiNO+. The largest absolute Gasteiger partial charge is 1.00 e. The Morgan fingerprint density at radius 3 is 1.88 bits per heavy atom. The third-order valence-corrected chi connectivity index (χ3v) is 4.07. The predicted molar refractivity (Wildman–Crippen MR) is 93.1 cm³/mol. The molecule has 4 aromatic carbocycles. The van der Waals surface area contributed by atoms with E-state index in [1.54, 1.807) is 18.2 Å². The van der Waals surface area contributed by atoms with Crippen molar-refractivity contribution in [3.63, 3.8) is 0 Å². The molecule has 2 nitrogen and oxygen atoms in total. The van der Waals surface area contributed by atoms with Crippen LogP contribution in [-0.4, -0.2) is 6.21 Å². The molecule has 0 saturated heterocycles. The van der Waals surface area contributed by atoms with Crippen molar-refractivity contribution in [2.75, 3.05) is 0 Å². The zero-order valence-corrected chi connectivity index (χ0v) is 13.5. The predicted octanol–water partition coefficient (Wildman–Crippen LogP) is -0.0982. The van der Waals surface area contributed by atoms with E-state index >= 15 is 0 Å². The van der Waals surface area contributed by atoms with Gasteiger partial charge in [-0.1, -0.05) is 66.7 Å². The molecule has 0 radical (unpaired) electrons. The summed E-state index contributed by atoms with van der Waals surface area (Å²) in [7, 11) is 0. The minimum absolute atomic E-state index is 0. The molecule has 4 aromatic rings. The summed E-state index contributed by atoms with van der Waals surface area (Å²) < 4.78 is 0. The molecule has 0 spiro atoms. The SMILES string of the molecule is [Li+].[O-]c1ccccc1[NH+]=Cc1c2ccccc2cc2ccccc12. The van der Waals surface area contributed by atoms with Crippen LogP contribution in [0.15, 0.2) is 78.9 Å². The number of rotatable bonds is 2. The van der Waals surface area contributed by atoms with Crippen LogP contribution < -0.4 is 29.0 Å². The Bertz CT molecular complexity index is 986. The van der Waals surface area contributed by atoms with E-state index in [2.05, 4.69) is 35.3 Å². The van der Waals surface area contributed by atoms with Crippen LogP contribution in [0, 0.1) is 0 Å². The Hall–Kier alpha value is -2.53. The molecule has 0 bridgehead atoms. The van der Waals surface area contributed by atoms with Gasteiger partial charge in [0.1, 0.15) is 0 Å². The van der Waals surface area contributed by atoms with Gasteiger partial charge in [-0.25, -0.2) is 4.99 Å². The second kappa shape index (κ2) is 6.93. The van der Waals surface area contributed by atoms with Crippen molar-refractivity contribution in [1.82, 2.24) is 0 Å². The molecule has 1 N–H and O–H groups in total. The van der Waals surface area contributed by atoms with E-state index < -0.39 is 0 Å².